The Morgan fingerprint density at radius 2 is 1.85 bits per heavy atom. The summed E-state index contributed by atoms with van der Waals surface area (Å²) in [6.45, 7) is 7.71. The van der Waals surface area contributed by atoms with E-state index in [2.05, 4.69) is 29.7 Å². The minimum Gasteiger partial charge on any atom is -0.444 e. The van der Waals surface area contributed by atoms with Crippen LogP contribution in [0.5, 0.6) is 0 Å². The first-order chi connectivity index (χ1) is 9.33. The highest BCUT2D eigenvalue weighted by molar-refractivity contribution is 5.68. The van der Waals surface area contributed by atoms with Gasteiger partial charge < -0.3 is 15.4 Å². The summed E-state index contributed by atoms with van der Waals surface area (Å²) in [5, 5.41) is 6.41. The molecule has 1 saturated carbocycles. The summed E-state index contributed by atoms with van der Waals surface area (Å²) in [7, 11) is 0. The summed E-state index contributed by atoms with van der Waals surface area (Å²) in [5.41, 5.74) is 1.98. The van der Waals surface area contributed by atoms with Crippen molar-refractivity contribution < 1.29 is 9.53 Å². The summed E-state index contributed by atoms with van der Waals surface area (Å²) in [6.07, 6.45) is 1.55. The van der Waals surface area contributed by atoms with Gasteiger partial charge in [0.15, 0.2) is 0 Å². The van der Waals surface area contributed by atoms with Crippen LogP contribution in [-0.2, 0) is 4.74 Å². The van der Waals surface area contributed by atoms with Gasteiger partial charge in [0.1, 0.15) is 5.60 Å². The zero-order chi connectivity index (χ0) is 14.8. The van der Waals surface area contributed by atoms with Crippen molar-refractivity contribution in [3.05, 3.63) is 29.8 Å². The number of nitrogens with one attached hydrogen (secondary N) is 2. The average molecular weight is 276 g/mol. The van der Waals surface area contributed by atoms with E-state index in [1.807, 2.05) is 32.9 Å². The van der Waals surface area contributed by atoms with Gasteiger partial charge in [-0.2, -0.15) is 0 Å². The Hall–Kier alpha value is -1.71. The molecule has 1 aromatic rings. The van der Waals surface area contributed by atoms with Crippen molar-refractivity contribution in [3.8, 4) is 0 Å². The normalized spacial score (nSPS) is 21.8. The zero-order valence-electron chi connectivity index (χ0n) is 12.7. The van der Waals surface area contributed by atoms with Gasteiger partial charge in [-0.25, -0.2) is 4.79 Å². The third-order valence-electron chi connectivity index (χ3n) is 3.36. The SMILES string of the molecule is Cc1ccccc1NC1CC(NC(=O)OC(C)(C)C)C1. The number of ether oxygens (including phenoxy) is 1. The molecule has 110 valence electrons. The number of hydrogen-bond acceptors (Lipinski definition) is 3. The monoisotopic (exact) mass is 276 g/mol. The Bertz CT molecular complexity index is 474. The van der Waals surface area contributed by atoms with Crippen molar-refractivity contribution in [2.24, 2.45) is 0 Å². The van der Waals surface area contributed by atoms with Gasteiger partial charge in [-0.1, -0.05) is 18.2 Å². The number of benzene rings is 1. The van der Waals surface area contributed by atoms with E-state index in [9.17, 15) is 4.79 Å². The molecule has 0 radical (unpaired) electrons. The first-order valence-electron chi connectivity index (χ1n) is 7.15. The van der Waals surface area contributed by atoms with E-state index in [-0.39, 0.29) is 12.1 Å². The molecule has 1 aliphatic rings. The molecule has 2 N–H and O–H groups in total. The minimum atomic E-state index is -0.438. The van der Waals surface area contributed by atoms with Crippen LogP contribution < -0.4 is 10.6 Å². The van der Waals surface area contributed by atoms with Crippen molar-refractivity contribution in [1.82, 2.24) is 5.32 Å². The van der Waals surface area contributed by atoms with Crippen molar-refractivity contribution in [1.29, 1.82) is 0 Å². The van der Waals surface area contributed by atoms with Crippen LogP contribution in [0.25, 0.3) is 0 Å². The number of anilines is 1. The number of rotatable bonds is 3. The van der Waals surface area contributed by atoms with Gasteiger partial charge >= 0.3 is 6.09 Å². The van der Waals surface area contributed by atoms with Gasteiger partial charge in [-0.05, 0) is 52.2 Å². The van der Waals surface area contributed by atoms with Gasteiger partial charge in [0.05, 0.1) is 0 Å². The maximum atomic E-state index is 11.6. The summed E-state index contributed by atoms with van der Waals surface area (Å²) in [6, 6.07) is 8.89. The number of amides is 1. The number of para-hydroxylation sites is 1. The first-order valence-corrected chi connectivity index (χ1v) is 7.15. The average Bonchev–Trinajstić information content (AvgIpc) is 2.26. The Labute approximate surface area is 120 Å². The fraction of sp³-hybridized carbons (Fsp3) is 0.562. The van der Waals surface area contributed by atoms with Crippen LogP contribution in [0.1, 0.15) is 39.2 Å². The molecule has 0 bridgehead atoms. The highest BCUT2D eigenvalue weighted by Crippen LogP contribution is 2.26. The van der Waals surface area contributed by atoms with Crippen molar-refractivity contribution in [2.75, 3.05) is 5.32 Å². The molecule has 0 unspecified atom stereocenters. The molecule has 1 amide bonds. The highest BCUT2D eigenvalue weighted by atomic mass is 16.6. The Balaban J connectivity index is 1.73. The Morgan fingerprint density at radius 3 is 2.45 bits per heavy atom. The molecular formula is C16H24N2O2. The number of carbonyl (C=O) groups is 1. The van der Waals surface area contributed by atoms with Gasteiger partial charge in [-0.3, -0.25) is 0 Å². The van der Waals surface area contributed by atoms with E-state index in [0.717, 1.165) is 12.8 Å². The van der Waals surface area contributed by atoms with Crippen molar-refractivity contribution in [2.45, 2.75) is 58.2 Å². The molecule has 4 nitrogen and oxygen atoms in total. The molecule has 4 heteroatoms. The smallest absolute Gasteiger partial charge is 0.407 e. The number of aryl methyl sites for hydroxylation is 1. The fourth-order valence-electron chi connectivity index (χ4n) is 2.28. The topological polar surface area (TPSA) is 50.4 Å². The van der Waals surface area contributed by atoms with E-state index in [1.165, 1.54) is 11.3 Å². The van der Waals surface area contributed by atoms with Gasteiger partial charge in [0, 0.05) is 17.8 Å². The lowest BCUT2D eigenvalue weighted by atomic mass is 9.86. The summed E-state index contributed by atoms with van der Waals surface area (Å²) in [5.74, 6) is 0. The molecule has 2 rings (SSSR count). The standard InChI is InChI=1S/C16H24N2O2/c1-11-7-5-6-8-14(11)17-12-9-13(10-12)18-15(19)20-16(2,3)4/h5-8,12-13,17H,9-10H2,1-4H3,(H,18,19). The number of alkyl carbamates (subject to hydrolysis) is 1. The predicted molar refractivity (Wildman–Crippen MR) is 81.0 cm³/mol. The molecular weight excluding hydrogens is 252 g/mol. The lowest BCUT2D eigenvalue weighted by Gasteiger charge is -2.37. The van der Waals surface area contributed by atoms with Gasteiger partial charge in [0.2, 0.25) is 0 Å². The second-order valence-electron chi connectivity index (χ2n) is 6.47. The Kier molecular flexibility index (Phi) is 4.21. The lowest BCUT2D eigenvalue weighted by molar-refractivity contribution is 0.0475. The molecule has 0 heterocycles. The molecule has 0 aromatic heterocycles. The molecule has 1 fully saturated rings. The summed E-state index contributed by atoms with van der Waals surface area (Å²) < 4.78 is 5.25. The second kappa shape index (κ2) is 5.73. The fourth-order valence-corrected chi connectivity index (χ4v) is 2.28. The number of carbonyl (C=O) groups excluding carboxylic acids is 1. The van der Waals surface area contributed by atoms with E-state index in [4.69, 9.17) is 4.74 Å². The maximum absolute atomic E-state index is 11.6. The van der Waals surface area contributed by atoms with E-state index >= 15 is 0 Å². The molecule has 0 atom stereocenters. The van der Waals surface area contributed by atoms with E-state index in [0.29, 0.717) is 6.04 Å². The van der Waals surface area contributed by atoms with Crippen molar-refractivity contribution >= 4 is 11.8 Å². The molecule has 0 spiro atoms. The quantitative estimate of drug-likeness (QED) is 0.889. The third-order valence-corrected chi connectivity index (χ3v) is 3.36. The Morgan fingerprint density at radius 1 is 1.20 bits per heavy atom. The third kappa shape index (κ3) is 4.15. The summed E-state index contributed by atoms with van der Waals surface area (Å²) >= 11 is 0. The zero-order valence-corrected chi connectivity index (χ0v) is 12.7. The second-order valence-corrected chi connectivity index (χ2v) is 6.47. The van der Waals surface area contributed by atoms with Crippen molar-refractivity contribution in [3.63, 3.8) is 0 Å². The highest BCUT2D eigenvalue weighted by Gasteiger charge is 2.31. The van der Waals surface area contributed by atoms with Crippen LogP contribution in [-0.4, -0.2) is 23.8 Å². The first kappa shape index (κ1) is 14.7. The lowest BCUT2D eigenvalue weighted by Crippen LogP contribution is -2.50. The summed E-state index contributed by atoms with van der Waals surface area (Å²) in [4.78, 5) is 11.6. The van der Waals surface area contributed by atoms with Crippen LogP contribution in [0.2, 0.25) is 0 Å². The van der Waals surface area contributed by atoms with Crippen LogP contribution in [0, 0.1) is 6.92 Å². The van der Waals surface area contributed by atoms with Crippen LogP contribution in [0.3, 0.4) is 0 Å². The minimum absolute atomic E-state index is 0.214. The molecule has 1 aliphatic carbocycles. The molecule has 0 saturated heterocycles. The largest absolute Gasteiger partial charge is 0.444 e. The van der Waals surface area contributed by atoms with Crippen LogP contribution >= 0.6 is 0 Å². The maximum Gasteiger partial charge on any atom is 0.407 e. The van der Waals surface area contributed by atoms with Gasteiger partial charge in [0.25, 0.3) is 0 Å². The number of hydrogen-bond donors (Lipinski definition) is 2. The van der Waals surface area contributed by atoms with Gasteiger partial charge in [-0.15, -0.1) is 0 Å². The van der Waals surface area contributed by atoms with E-state index in [1.54, 1.807) is 0 Å². The predicted octanol–water partition coefficient (Wildman–Crippen LogP) is 3.46. The van der Waals surface area contributed by atoms with Crippen LogP contribution in [0.15, 0.2) is 24.3 Å². The molecule has 1 aromatic carbocycles. The molecule has 20 heavy (non-hydrogen) atoms. The van der Waals surface area contributed by atoms with E-state index < -0.39 is 5.60 Å². The molecule has 0 aliphatic heterocycles. The van der Waals surface area contributed by atoms with Crippen LogP contribution in [0.4, 0.5) is 10.5 Å².